The normalized spacial score (nSPS) is 22.2. The molecule has 1 aliphatic rings. The molecule has 0 aromatic carbocycles. The molecule has 2 rings (SSSR count). The Morgan fingerprint density at radius 3 is 3.25 bits per heavy atom. The lowest BCUT2D eigenvalue weighted by Gasteiger charge is -2.33. The van der Waals surface area contributed by atoms with Gasteiger partial charge >= 0.3 is 0 Å². The molecule has 1 aromatic heterocycles. The van der Waals surface area contributed by atoms with E-state index in [1.165, 1.54) is 0 Å². The lowest BCUT2D eigenvalue weighted by Crippen LogP contribution is -2.41. The van der Waals surface area contributed by atoms with Crippen molar-refractivity contribution in [1.82, 2.24) is 14.9 Å². The maximum Gasteiger partial charge on any atom is 0.147 e. The number of aryl methyl sites for hydroxylation is 1. The smallest absolute Gasteiger partial charge is 0.147 e. The maximum atomic E-state index is 9.01. The Hall–Kier alpha value is -1.04. The number of rotatable bonds is 3. The Balaban J connectivity index is 2.16. The quantitative estimate of drug-likeness (QED) is 0.790. The topological polar surface area (TPSA) is 58.5 Å². The van der Waals surface area contributed by atoms with Crippen LogP contribution in [-0.2, 0) is 4.74 Å². The van der Waals surface area contributed by atoms with E-state index in [0.29, 0.717) is 19.8 Å². The standard InChI is InChI=1S/C11H17N3O2/c1-9-2-3-12-11(13-9)10-8-16-7-5-14(10)4-6-15/h2-3,10,15H,4-8H2,1H3. The molecule has 88 valence electrons. The van der Waals surface area contributed by atoms with Gasteiger partial charge in [-0.25, -0.2) is 9.97 Å². The molecule has 0 radical (unpaired) electrons. The van der Waals surface area contributed by atoms with Crippen LogP contribution in [0.5, 0.6) is 0 Å². The average Bonchev–Trinajstić information content (AvgIpc) is 2.30. The third-order valence-corrected chi connectivity index (χ3v) is 2.74. The molecular weight excluding hydrogens is 206 g/mol. The van der Waals surface area contributed by atoms with Crippen LogP contribution in [0.2, 0.25) is 0 Å². The third kappa shape index (κ3) is 2.55. The molecule has 1 fully saturated rings. The molecule has 1 N–H and O–H groups in total. The zero-order chi connectivity index (χ0) is 11.4. The number of aliphatic hydroxyl groups excluding tert-OH is 1. The molecule has 1 aliphatic heterocycles. The van der Waals surface area contributed by atoms with Gasteiger partial charge in [0.15, 0.2) is 0 Å². The summed E-state index contributed by atoms with van der Waals surface area (Å²) in [6.45, 7) is 4.88. The van der Waals surface area contributed by atoms with Crippen molar-refractivity contribution in [2.45, 2.75) is 13.0 Å². The van der Waals surface area contributed by atoms with Crippen molar-refractivity contribution in [2.75, 3.05) is 32.9 Å². The number of β-amino-alcohol motifs (C(OH)–C–C–N with tert-alkyl or cyclic N) is 1. The summed E-state index contributed by atoms with van der Waals surface area (Å²) >= 11 is 0. The van der Waals surface area contributed by atoms with E-state index in [2.05, 4.69) is 14.9 Å². The lowest BCUT2D eigenvalue weighted by molar-refractivity contribution is -0.0177. The van der Waals surface area contributed by atoms with E-state index in [4.69, 9.17) is 9.84 Å². The molecule has 5 heteroatoms. The van der Waals surface area contributed by atoms with Crippen LogP contribution in [0.3, 0.4) is 0 Å². The second-order valence-electron chi connectivity index (χ2n) is 3.91. The largest absolute Gasteiger partial charge is 0.395 e. The van der Waals surface area contributed by atoms with Crippen LogP contribution in [0.15, 0.2) is 12.3 Å². The number of nitrogens with zero attached hydrogens (tertiary/aromatic N) is 3. The minimum Gasteiger partial charge on any atom is -0.395 e. The van der Waals surface area contributed by atoms with Crippen molar-refractivity contribution in [1.29, 1.82) is 0 Å². The van der Waals surface area contributed by atoms with Gasteiger partial charge in [-0.1, -0.05) is 0 Å². The van der Waals surface area contributed by atoms with E-state index in [1.54, 1.807) is 6.20 Å². The second kappa shape index (κ2) is 5.34. The average molecular weight is 223 g/mol. The molecule has 1 saturated heterocycles. The molecule has 5 nitrogen and oxygen atoms in total. The summed E-state index contributed by atoms with van der Waals surface area (Å²) in [6.07, 6.45) is 1.77. The van der Waals surface area contributed by atoms with Gasteiger partial charge in [0, 0.05) is 25.0 Å². The molecule has 0 aliphatic carbocycles. The fraction of sp³-hybridized carbons (Fsp3) is 0.636. The third-order valence-electron chi connectivity index (χ3n) is 2.74. The van der Waals surface area contributed by atoms with E-state index in [-0.39, 0.29) is 12.6 Å². The fourth-order valence-electron chi connectivity index (χ4n) is 1.90. The molecule has 1 unspecified atom stereocenters. The Kier molecular flexibility index (Phi) is 3.82. The Morgan fingerprint density at radius 2 is 2.50 bits per heavy atom. The van der Waals surface area contributed by atoms with E-state index in [0.717, 1.165) is 18.1 Å². The van der Waals surface area contributed by atoms with Crippen LogP contribution in [0.25, 0.3) is 0 Å². The molecule has 0 amide bonds. The number of ether oxygens (including phenoxy) is 1. The summed E-state index contributed by atoms with van der Waals surface area (Å²) < 4.78 is 5.45. The van der Waals surface area contributed by atoms with E-state index in [9.17, 15) is 0 Å². The number of hydrogen-bond donors (Lipinski definition) is 1. The summed E-state index contributed by atoms with van der Waals surface area (Å²) in [5, 5.41) is 9.01. The van der Waals surface area contributed by atoms with Gasteiger partial charge in [-0.15, -0.1) is 0 Å². The van der Waals surface area contributed by atoms with E-state index >= 15 is 0 Å². The minimum atomic E-state index is 0.0702. The van der Waals surface area contributed by atoms with E-state index < -0.39 is 0 Å². The summed E-state index contributed by atoms with van der Waals surface area (Å²) in [7, 11) is 0. The van der Waals surface area contributed by atoms with Crippen LogP contribution in [0.4, 0.5) is 0 Å². The highest BCUT2D eigenvalue weighted by atomic mass is 16.5. The van der Waals surface area contributed by atoms with Crippen molar-refractivity contribution in [3.63, 3.8) is 0 Å². The zero-order valence-electron chi connectivity index (χ0n) is 9.46. The Morgan fingerprint density at radius 1 is 1.62 bits per heavy atom. The van der Waals surface area contributed by atoms with Crippen molar-refractivity contribution in [2.24, 2.45) is 0 Å². The fourth-order valence-corrected chi connectivity index (χ4v) is 1.90. The predicted octanol–water partition coefficient (Wildman–Crippen LogP) is 0.151. The number of aromatic nitrogens is 2. The van der Waals surface area contributed by atoms with Crippen LogP contribution in [0.1, 0.15) is 17.6 Å². The molecular formula is C11H17N3O2. The molecule has 16 heavy (non-hydrogen) atoms. The SMILES string of the molecule is Cc1ccnc(C2COCCN2CCO)n1. The van der Waals surface area contributed by atoms with Crippen LogP contribution in [0, 0.1) is 6.92 Å². The van der Waals surface area contributed by atoms with Gasteiger partial charge in [-0.3, -0.25) is 4.90 Å². The maximum absolute atomic E-state index is 9.01. The van der Waals surface area contributed by atoms with Gasteiger partial charge in [0.05, 0.1) is 25.9 Å². The molecule has 1 atom stereocenters. The first-order valence-corrected chi connectivity index (χ1v) is 5.53. The highest BCUT2D eigenvalue weighted by Crippen LogP contribution is 2.20. The van der Waals surface area contributed by atoms with Crippen molar-refractivity contribution in [3.05, 3.63) is 23.8 Å². The first kappa shape index (κ1) is 11.4. The number of aliphatic hydroxyl groups is 1. The molecule has 2 heterocycles. The summed E-state index contributed by atoms with van der Waals surface area (Å²) in [5.74, 6) is 0.785. The highest BCUT2D eigenvalue weighted by molar-refractivity contribution is 5.04. The Bertz CT molecular complexity index is 344. The molecule has 0 spiro atoms. The first-order valence-electron chi connectivity index (χ1n) is 5.53. The van der Waals surface area contributed by atoms with Crippen LogP contribution in [-0.4, -0.2) is 52.9 Å². The van der Waals surface area contributed by atoms with Gasteiger partial charge in [-0.2, -0.15) is 0 Å². The van der Waals surface area contributed by atoms with Gasteiger partial charge in [0.2, 0.25) is 0 Å². The second-order valence-corrected chi connectivity index (χ2v) is 3.91. The highest BCUT2D eigenvalue weighted by Gasteiger charge is 2.26. The van der Waals surface area contributed by atoms with Crippen LogP contribution >= 0.6 is 0 Å². The van der Waals surface area contributed by atoms with Crippen LogP contribution < -0.4 is 0 Å². The zero-order valence-corrected chi connectivity index (χ0v) is 9.46. The summed E-state index contributed by atoms with van der Waals surface area (Å²) in [4.78, 5) is 10.9. The Labute approximate surface area is 95.1 Å². The van der Waals surface area contributed by atoms with Gasteiger partial charge in [0.1, 0.15) is 5.82 Å². The van der Waals surface area contributed by atoms with Crippen molar-refractivity contribution >= 4 is 0 Å². The van der Waals surface area contributed by atoms with Crippen molar-refractivity contribution < 1.29 is 9.84 Å². The predicted molar refractivity (Wildman–Crippen MR) is 59.0 cm³/mol. The number of morpholine rings is 1. The van der Waals surface area contributed by atoms with Crippen molar-refractivity contribution in [3.8, 4) is 0 Å². The molecule has 1 aromatic rings. The first-order chi connectivity index (χ1) is 7.81. The summed E-state index contributed by atoms with van der Waals surface area (Å²) in [6, 6.07) is 1.95. The summed E-state index contributed by atoms with van der Waals surface area (Å²) in [5.41, 5.74) is 0.958. The molecule has 0 bridgehead atoms. The number of hydrogen-bond acceptors (Lipinski definition) is 5. The van der Waals surface area contributed by atoms with E-state index in [1.807, 2.05) is 13.0 Å². The monoisotopic (exact) mass is 223 g/mol. The molecule has 0 saturated carbocycles. The van der Waals surface area contributed by atoms with Gasteiger partial charge in [0.25, 0.3) is 0 Å². The van der Waals surface area contributed by atoms with Gasteiger partial charge in [-0.05, 0) is 13.0 Å². The minimum absolute atomic E-state index is 0.0702. The van der Waals surface area contributed by atoms with Gasteiger partial charge < -0.3 is 9.84 Å². The lowest BCUT2D eigenvalue weighted by atomic mass is 10.2.